The van der Waals surface area contributed by atoms with Gasteiger partial charge in [0.15, 0.2) is 0 Å². The molecule has 0 aromatic heterocycles. The molecule has 0 saturated carbocycles. The summed E-state index contributed by atoms with van der Waals surface area (Å²) in [5.74, 6) is 0.158. The number of benzene rings is 1. The van der Waals surface area contributed by atoms with Gasteiger partial charge in [0, 0.05) is 12.8 Å². The monoisotopic (exact) mass is 192 g/mol. The van der Waals surface area contributed by atoms with E-state index in [4.69, 9.17) is 9.84 Å². The first-order valence-electron chi connectivity index (χ1n) is 4.71. The van der Waals surface area contributed by atoms with Crippen molar-refractivity contribution < 1.29 is 14.6 Å². The number of hydrogen-bond donors (Lipinski definition) is 1. The Bertz CT molecular complexity index is 329. The van der Waals surface area contributed by atoms with Crippen molar-refractivity contribution in [3.63, 3.8) is 0 Å². The second-order valence-corrected chi connectivity index (χ2v) is 3.52. The van der Waals surface area contributed by atoms with Gasteiger partial charge in [0.05, 0.1) is 0 Å². The largest absolute Gasteiger partial charge is 0.508 e. The molecular weight excluding hydrogens is 180 g/mol. The maximum Gasteiger partial charge on any atom is 0.306 e. The zero-order valence-corrected chi connectivity index (χ0v) is 7.77. The van der Waals surface area contributed by atoms with Crippen LogP contribution in [0.4, 0.5) is 0 Å². The third-order valence-electron chi connectivity index (χ3n) is 2.37. The van der Waals surface area contributed by atoms with Gasteiger partial charge in [-0.2, -0.15) is 0 Å². The van der Waals surface area contributed by atoms with E-state index in [1.807, 2.05) is 12.1 Å². The number of hydrogen-bond acceptors (Lipinski definition) is 3. The van der Waals surface area contributed by atoms with Crippen molar-refractivity contribution in [2.45, 2.75) is 25.4 Å². The summed E-state index contributed by atoms with van der Waals surface area (Å²) in [6.07, 6.45) is 2.10. The zero-order chi connectivity index (χ0) is 9.97. The summed E-state index contributed by atoms with van der Waals surface area (Å²) < 4.78 is 5.09. The minimum absolute atomic E-state index is 0.0204. The van der Waals surface area contributed by atoms with Crippen LogP contribution in [0.3, 0.4) is 0 Å². The number of rotatable bonds is 2. The summed E-state index contributed by atoms with van der Waals surface area (Å²) in [6, 6.07) is 6.99. The molecule has 0 unspecified atom stereocenters. The van der Waals surface area contributed by atoms with Crippen molar-refractivity contribution in [1.82, 2.24) is 0 Å². The standard InChI is InChI=1S/C11H12O3/c12-9-3-1-8(2-4-9)7-10-5-6-11(13)14-10/h1-4,10,12H,5-7H2/t10-/m1/s1. The smallest absolute Gasteiger partial charge is 0.306 e. The average molecular weight is 192 g/mol. The quantitative estimate of drug-likeness (QED) is 0.724. The average Bonchev–Trinajstić information content (AvgIpc) is 2.56. The van der Waals surface area contributed by atoms with Gasteiger partial charge in [-0.1, -0.05) is 12.1 Å². The van der Waals surface area contributed by atoms with E-state index in [-0.39, 0.29) is 17.8 Å². The topological polar surface area (TPSA) is 46.5 Å². The van der Waals surface area contributed by atoms with Crippen molar-refractivity contribution in [3.05, 3.63) is 29.8 Å². The van der Waals surface area contributed by atoms with E-state index in [0.717, 1.165) is 18.4 Å². The second kappa shape index (κ2) is 3.70. The second-order valence-electron chi connectivity index (χ2n) is 3.52. The molecule has 1 heterocycles. The number of carbonyl (C=O) groups is 1. The van der Waals surface area contributed by atoms with Crippen molar-refractivity contribution in [1.29, 1.82) is 0 Å². The molecule has 0 aliphatic carbocycles. The van der Waals surface area contributed by atoms with E-state index < -0.39 is 0 Å². The lowest BCUT2D eigenvalue weighted by atomic mass is 10.1. The van der Waals surface area contributed by atoms with Gasteiger partial charge >= 0.3 is 5.97 Å². The Morgan fingerprint density at radius 2 is 2.07 bits per heavy atom. The summed E-state index contributed by atoms with van der Waals surface area (Å²) in [4.78, 5) is 10.8. The van der Waals surface area contributed by atoms with Gasteiger partial charge in [-0.15, -0.1) is 0 Å². The molecule has 0 radical (unpaired) electrons. The van der Waals surface area contributed by atoms with Crippen molar-refractivity contribution in [3.8, 4) is 5.75 Å². The van der Waals surface area contributed by atoms with Crippen LogP contribution >= 0.6 is 0 Å². The van der Waals surface area contributed by atoms with Crippen molar-refractivity contribution in [2.75, 3.05) is 0 Å². The highest BCUT2D eigenvalue weighted by molar-refractivity contribution is 5.71. The Hall–Kier alpha value is -1.51. The third kappa shape index (κ3) is 2.05. The third-order valence-corrected chi connectivity index (χ3v) is 2.37. The van der Waals surface area contributed by atoms with Gasteiger partial charge in [0.25, 0.3) is 0 Å². The molecule has 0 bridgehead atoms. The number of phenolic OH excluding ortho intramolecular Hbond substituents is 1. The fourth-order valence-corrected chi connectivity index (χ4v) is 1.62. The Labute approximate surface area is 82.3 Å². The molecule has 3 heteroatoms. The first-order chi connectivity index (χ1) is 6.74. The summed E-state index contributed by atoms with van der Waals surface area (Å²) in [5.41, 5.74) is 1.09. The van der Waals surface area contributed by atoms with Crippen LogP contribution in [0.2, 0.25) is 0 Å². The lowest BCUT2D eigenvalue weighted by Crippen LogP contribution is -2.10. The molecule has 2 rings (SSSR count). The first kappa shape index (κ1) is 9.06. The summed E-state index contributed by atoms with van der Waals surface area (Å²) >= 11 is 0. The molecule has 1 aromatic carbocycles. The van der Waals surface area contributed by atoms with Crippen molar-refractivity contribution >= 4 is 5.97 Å². The normalized spacial score (nSPS) is 20.9. The Morgan fingerprint density at radius 1 is 1.36 bits per heavy atom. The predicted molar refractivity (Wildman–Crippen MR) is 50.9 cm³/mol. The van der Waals surface area contributed by atoms with Gasteiger partial charge in [0.1, 0.15) is 11.9 Å². The number of cyclic esters (lactones) is 1. The van der Waals surface area contributed by atoms with E-state index in [0.29, 0.717) is 6.42 Å². The predicted octanol–water partition coefficient (Wildman–Crippen LogP) is 1.64. The Kier molecular flexibility index (Phi) is 2.39. The molecule has 1 saturated heterocycles. The number of carbonyl (C=O) groups excluding carboxylic acids is 1. The highest BCUT2D eigenvalue weighted by Gasteiger charge is 2.23. The van der Waals surface area contributed by atoms with Gasteiger partial charge in [0.2, 0.25) is 0 Å². The minimum Gasteiger partial charge on any atom is -0.508 e. The highest BCUT2D eigenvalue weighted by Crippen LogP contribution is 2.19. The van der Waals surface area contributed by atoms with Gasteiger partial charge < -0.3 is 9.84 Å². The van der Waals surface area contributed by atoms with E-state index in [2.05, 4.69) is 0 Å². The molecule has 1 aliphatic heterocycles. The maximum atomic E-state index is 10.8. The molecule has 1 aromatic rings. The van der Waals surface area contributed by atoms with E-state index in [1.165, 1.54) is 0 Å². The van der Waals surface area contributed by atoms with Gasteiger partial charge in [-0.05, 0) is 24.1 Å². The van der Waals surface area contributed by atoms with Crippen LogP contribution in [0.25, 0.3) is 0 Å². The van der Waals surface area contributed by atoms with E-state index >= 15 is 0 Å². The molecule has 0 amide bonds. The zero-order valence-electron chi connectivity index (χ0n) is 7.77. The molecule has 14 heavy (non-hydrogen) atoms. The molecule has 1 aliphatic rings. The summed E-state index contributed by atoms with van der Waals surface area (Å²) in [6.45, 7) is 0. The van der Waals surface area contributed by atoms with Crippen LogP contribution in [0, 0.1) is 0 Å². The Balaban J connectivity index is 1.97. The van der Waals surface area contributed by atoms with E-state index in [1.54, 1.807) is 12.1 Å². The molecule has 0 spiro atoms. The molecule has 1 atom stereocenters. The van der Waals surface area contributed by atoms with Crippen LogP contribution in [-0.4, -0.2) is 17.2 Å². The number of ether oxygens (including phenoxy) is 1. The van der Waals surface area contributed by atoms with Gasteiger partial charge in [-0.3, -0.25) is 4.79 Å². The fourth-order valence-electron chi connectivity index (χ4n) is 1.62. The molecular formula is C11H12O3. The van der Waals surface area contributed by atoms with E-state index in [9.17, 15) is 4.79 Å². The van der Waals surface area contributed by atoms with Crippen molar-refractivity contribution in [2.24, 2.45) is 0 Å². The fraction of sp³-hybridized carbons (Fsp3) is 0.364. The molecule has 3 nitrogen and oxygen atoms in total. The SMILES string of the molecule is O=C1CC[C@H](Cc2ccc(O)cc2)O1. The number of aromatic hydroxyl groups is 1. The maximum absolute atomic E-state index is 10.8. The minimum atomic E-state index is -0.103. The van der Waals surface area contributed by atoms with Gasteiger partial charge in [-0.25, -0.2) is 0 Å². The highest BCUT2D eigenvalue weighted by atomic mass is 16.5. The van der Waals surface area contributed by atoms with Crippen LogP contribution in [-0.2, 0) is 16.0 Å². The summed E-state index contributed by atoms with van der Waals surface area (Å²) in [5, 5.41) is 9.07. The van der Waals surface area contributed by atoms with Crippen LogP contribution < -0.4 is 0 Å². The number of phenols is 1. The summed E-state index contributed by atoms with van der Waals surface area (Å²) in [7, 11) is 0. The lowest BCUT2D eigenvalue weighted by molar-refractivity contribution is -0.141. The molecule has 1 fully saturated rings. The molecule has 74 valence electrons. The lowest BCUT2D eigenvalue weighted by Gasteiger charge is -2.08. The van der Waals surface area contributed by atoms with Crippen LogP contribution in [0.15, 0.2) is 24.3 Å². The molecule has 1 N–H and O–H groups in total. The Morgan fingerprint density at radius 3 is 2.64 bits per heavy atom. The van der Waals surface area contributed by atoms with Crippen LogP contribution in [0.5, 0.6) is 5.75 Å². The number of esters is 1. The van der Waals surface area contributed by atoms with Crippen LogP contribution in [0.1, 0.15) is 18.4 Å². The first-order valence-corrected chi connectivity index (χ1v) is 4.71.